The van der Waals surface area contributed by atoms with E-state index in [0.717, 1.165) is 0 Å². The minimum Gasteiger partial charge on any atom is -0.497 e. The van der Waals surface area contributed by atoms with Crippen molar-refractivity contribution in [2.24, 2.45) is 5.73 Å². The Bertz CT molecular complexity index is 419. The quantitative estimate of drug-likeness (QED) is 0.842. The minimum absolute atomic E-state index is 0. The van der Waals surface area contributed by atoms with Gasteiger partial charge >= 0.3 is 6.61 Å². The summed E-state index contributed by atoms with van der Waals surface area (Å²) in [5.74, 6) is -0.0966. The van der Waals surface area contributed by atoms with Crippen LogP contribution in [-0.4, -0.2) is 26.2 Å². The summed E-state index contributed by atoms with van der Waals surface area (Å²) in [6.07, 6.45) is 0.0886. The molecular formula is C11H15ClF2N2O3. The van der Waals surface area contributed by atoms with Crippen molar-refractivity contribution >= 4 is 24.0 Å². The number of carbonyl (C=O) groups is 1. The fraction of sp³-hybridized carbons (Fsp3) is 0.364. The maximum Gasteiger partial charge on any atom is 0.387 e. The largest absolute Gasteiger partial charge is 0.497 e. The summed E-state index contributed by atoms with van der Waals surface area (Å²) in [6.45, 7) is -2.80. The van der Waals surface area contributed by atoms with Gasteiger partial charge in [-0.1, -0.05) is 0 Å². The number of anilines is 1. The molecule has 0 aliphatic heterocycles. The van der Waals surface area contributed by atoms with E-state index in [0.29, 0.717) is 5.75 Å². The van der Waals surface area contributed by atoms with Gasteiger partial charge < -0.3 is 20.5 Å². The van der Waals surface area contributed by atoms with Crippen LogP contribution in [0.4, 0.5) is 14.5 Å². The van der Waals surface area contributed by atoms with Gasteiger partial charge in [0.25, 0.3) is 0 Å². The van der Waals surface area contributed by atoms with Crippen molar-refractivity contribution in [3.63, 3.8) is 0 Å². The lowest BCUT2D eigenvalue weighted by molar-refractivity contribution is -0.116. The molecule has 108 valence electrons. The smallest absolute Gasteiger partial charge is 0.387 e. The molecule has 1 aromatic carbocycles. The fourth-order valence-electron chi connectivity index (χ4n) is 1.28. The number of nitrogens with two attached hydrogens (primary N) is 1. The molecular weight excluding hydrogens is 282 g/mol. The van der Waals surface area contributed by atoms with Crippen LogP contribution in [0.3, 0.4) is 0 Å². The van der Waals surface area contributed by atoms with Crippen LogP contribution in [0.15, 0.2) is 18.2 Å². The molecule has 0 bridgehead atoms. The summed E-state index contributed by atoms with van der Waals surface area (Å²) >= 11 is 0. The number of nitrogens with one attached hydrogen (secondary N) is 1. The number of halogens is 3. The molecule has 3 N–H and O–H groups in total. The first-order valence-electron chi connectivity index (χ1n) is 5.19. The van der Waals surface area contributed by atoms with Crippen LogP contribution in [0.2, 0.25) is 0 Å². The molecule has 0 spiro atoms. The molecule has 1 rings (SSSR count). The number of hydrogen-bond donors (Lipinski definition) is 2. The highest BCUT2D eigenvalue weighted by Crippen LogP contribution is 2.30. The maximum absolute atomic E-state index is 12.2. The molecule has 0 heterocycles. The molecule has 0 saturated carbocycles. The third kappa shape index (κ3) is 5.71. The lowest BCUT2D eigenvalue weighted by atomic mass is 10.2. The van der Waals surface area contributed by atoms with Crippen LogP contribution < -0.4 is 20.5 Å². The Kier molecular flexibility index (Phi) is 7.78. The molecule has 0 aliphatic carbocycles. The summed E-state index contributed by atoms with van der Waals surface area (Å²) < 4.78 is 33.6. The van der Waals surface area contributed by atoms with Crippen LogP contribution >= 0.6 is 12.4 Å². The van der Waals surface area contributed by atoms with Gasteiger partial charge in [-0.15, -0.1) is 12.4 Å². The molecule has 0 unspecified atom stereocenters. The van der Waals surface area contributed by atoms with Crippen LogP contribution in [0.25, 0.3) is 0 Å². The van der Waals surface area contributed by atoms with E-state index < -0.39 is 6.61 Å². The first-order chi connectivity index (χ1) is 8.56. The van der Waals surface area contributed by atoms with E-state index in [-0.39, 0.29) is 42.7 Å². The first-order valence-corrected chi connectivity index (χ1v) is 5.19. The molecule has 0 saturated heterocycles. The van der Waals surface area contributed by atoms with Crippen molar-refractivity contribution in [2.75, 3.05) is 19.0 Å². The van der Waals surface area contributed by atoms with Crippen molar-refractivity contribution in [1.29, 1.82) is 0 Å². The zero-order chi connectivity index (χ0) is 13.5. The molecule has 0 aliphatic rings. The van der Waals surface area contributed by atoms with Crippen LogP contribution in [0, 0.1) is 0 Å². The SMILES string of the molecule is COc1ccc(OC(F)F)c(NC(=O)CCN)c1.Cl. The van der Waals surface area contributed by atoms with Crippen molar-refractivity contribution < 1.29 is 23.0 Å². The topological polar surface area (TPSA) is 73.6 Å². The third-order valence-corrected chi connectivity index (χ3v) is 2.05. The molecule has 0 fully saturated rings. The predicted molar refractivity (Wildman–Crippen MR) is 69.2 cm³/mol. The summed E-state index contributed by atoms with van der Waals surface area (Å²) in [5, 5.41) is 2.43. The summed E-state index contributed by atoms with van der Waals surface area (Å²) in [6, 6.07) is 4.14. The molecule has 0 radical (unpaired) electrons. The molecule has 1 aromatic rings. The first kappa shape index (κ1) is 17.4. The third-order valence-electron chi connectivity index (χ3n) is 2.05. The highest BCUT2D eigenvalue weighted by atomic mass is 35.5. The predicted octanol–water partition coefficient (Wildman–Crippen LogP) is 2.01. The van der Waals surface area contributed by atoms with Gasteiger partial charge in [0, 0.05) is 19.0 Å². The van der Waals surface area contributed by atoms with Gasteiger partial charge in [0.15, 0.2) is 0 Å². The zero-order valence-corrected chi connectivity index (χ0v) is 11.0. The Morgan fingerprint density at radius 3 is 2.68 bits per heavy atom. The monoisotopic (exact) mass is 296 g/mol. The highest BCUT2D eigenvalue weighted by Gasteiger charge is 2.12. The van der Waals surface area contributed by atoms with E-state index in [1.807, 2.05) is 0 Å². The lowest BCUT2D eigenvalue weighted by Crippen LogP contribution is -2.17. The molecule has 5 nitrogen and oxygen atoms in total. The Morgan fingerprint density at radius 2 is 2.16 bits per heavy atom. The minimum atomic E-state index is -2.97. The average molecular weight is 297 g/mol. The molecule has 8 heteroatoms. The van der Waals surface area contributed by atoms with Crippen LogP contribution in [0.1, 0.15) is 6.42 Å². The van der Waals surface area contributed by atoms with E-state index in [2.05, 4.69) is 10.1 Å². The van der Waals surface area contributed by atoms with Gasteiger partial charge in [0.1, 0.15) is 11.5 Å². The van der Waals surface area contributed by atoms with Gasteiger partial charge in [-0.2, -0.15) is 8.78 Å². The second-order valence-electron chi connectivity index (χ2n) is 3.33. The zero-order valence-electron chi connectivity index (χ0n) is 10.2. The van der Waals surface area contributed by atoms with Crippen molar-refractivity contribution in [3.05, 3.63) is 18.2 Å². The fourth-order valence-corrected chi connectivity index (χ4v) is 1.28. The number of alkyl halides is 2. The van der Waals surface area contributed by atoms with Crippen LogP contribution in [0.5, 0.6) is 11.5 Å². The summed E-state index contributed by atoms with van der Waals surface area (Å²) in [7, 11) is 1.43. The summed E-state index contributed by atoms with van der Waals surface area (Å²) in [4.78, 5) is 11.4. The Hall–Kier alpha value is -1.60. The Balaban J connectivity index is 0.00000324. The van der Waals surface area contributed by atoms with Gasteiger partial charge in [-0.05, 0) is 12.1 Å². The summed E-state index contributed by atoms with van der Waals surface area (Å²) in [5.41, 5.74) is 5.34. The van der Waals surface area contributed by atoms with E-state index in [1.54, 1.807) is 0 Å². The van der Waals surface area contributed by atoms with E-state index in [1.165, 1.54) is 25.3 Å². The highest BCUT2D eigenvalue weighted by molar-refractivity contribution is 5.92. The van der Waals surface area contributed by atoms with E-state index >= 15 is 0 Å². The number of methoxy groups -OCH3 is 1. The van der Waals surface area contributed by atoms with Crippen molar-refractivity contribution in [1.82, 2.24) is 0 Å². The number of hydrogen-bond acceptors (Lipinski definition) is 4. The van der Waals surface area contributed by atoms with Gasteiger partial charge in [0.2, 0.25) is 5.91 Å². The second-order valence-corrected chi connectivity index (χ2v) is 3.33. The van der Waals surface area contributed by atoms with Gasteiger partial charge in [-0.3, -0.25) is 4.79 Å². The van der Waals surface area contributed by atoms with Gasteiger partial charge in [0.05, 0.1) is 12.8 Å². The number of rotatable bonds is 6. The Morgan fingerprint density at radius 1 is 1.47 bits per heavy atom. The lowest BCUT2D eigenvalue weighted by Gasteiger charge is -2.13. The van der Waals surface area contributed by atoms with Crippen molar-refractivity contribution in [3.8, 4) is 11.5 Å². The van der Waals surface area contributed by atoms with Crippen LogP contribution in [-0.2, 0) is 4.79 Å². The second kappa shape index (κ2) is 8.49. The maximum atomic E-state index is 12.2. The number of benzene rings is 1. The molecule has 0 aromatic heterocycles. The van der Waals surface area contributed by atoms with E-state index in [4.69, 9.17) is 10.5 Å². The molecule has 0 atom stereocenters. The standard InChI is InChI=1S/C11H14F2N2O3.ClH/c1-17-7-2-3-9(18-11(12)13)8(6-7)15-10(16)4-5-14;/h2-3,6,11H,4-5,14H2,1H3,(H,15,16);1H. The molecule has 19 heavy (non-hydrogen) atoms. The number of carbonyl (C=O) groups excluding carboxylic acids is 1. The number of amides is 1. The van der Waals surface area contributed by atoms with E-state index in [9.17, 15) is 13.6 Å². The number of ether oxygens (including phenoxy) is 2. The average Bonchev–Trinajstić information content (AvgIpc) is 2.31. The normalized spacial score (nSPS) is 9.74. The van der Waals surface area contributed by atoms with Gasteiger partial charge in [-0.25, -0.2) is 0 Å². The van der Waals surface area contributed by atoms with Crippen molar-refractivity contribution in [2.45, 2.75) is 13.0 Å². The Labute approximate surface area is 115 Å². The molecule has 1 amide bonds.